The summed E-state index contributed by atoms with van der Waals surface area (Å²) in [6.07, 6.45) is 0.121. The first-order valence-electron chi connectivity index (χ1n) is 5.27. The lowest BCUT2D eigenvalue weighted by molar-refractivity contribution is 0.0886. The van der Waals surface area contributed by atoms with E-state index in [0.717, 1.165) is 5.75 Å². The molecule has 3 heteroatoms. The molecule has 1 heterocycles. The van der Waals surface area contributed by atoms with Crippen molar-refractivity contribution in [2.24, 2.45) is 0 Å². The van der Waals surface area contributed by atoms with Crippen LogP contribution in [-0.2, 0) is 5.67 Å². The molecule has 1 N–H and O–H groups in total. The fourth-order valence-electron chi connectivity index (χ4n) is 1.67. The van der Waals surface area contributed by atoms with Crippen molar-refractivity contribution < 1.29 is 9.13 Å². The van der Waals surface area contributed by atoms with Crippen LogP contribution in [0.25, 0.3) is 0 Å². The van der Waals surface area contributed by atoms with Crippen LogP contribution >= 0.6 is 0 Å². The van der Waals surface area contributed by atoms with Crippen LogP contribution in [0, 0.1) is 0 Å². The minimum absolute atomic E-state index is 0.121. The van der Waals surface area contributed by atoms with Gasteiger partial charge in [0, 0.05) is 13.1 Å². The van der Waals surface area contributed by atoms with Gasteiger partial charge in [-0.05, 0) is 31.5 Å². The fraction of sp³-hybridized carbons (Fsp3) is 0.500. The summed E-state index contributed by atoms with van der Waals surface area (Å²) in [5.74, 6) is 0.742. The summed E-state index contributed by atoms with van der Waals surface area (Å²) < 4.78 is 19.6. The van der Waals surface area contributed by atoms with Crippen LogP contribution in [-0.4, -0.2) is 19.2 Å². The van der Waals surface area contributed by atoms with E-state index in [4.69, 9.17) is 4.74 Å². The monoisotopic (exact) mass is 209 g/mol. The molecule has 2 nitrogen and oxygen atoms in total. The summed E-state index contributed by atoms with van der Waals surface area (Å²) in [6, 6.07) is 7.31. The van der Waals surface area contributed by atoms with Crippen LogP contribution in [0.15, 0.2) is 24.3 Å². The van der Waals surface area contributed by atoms with Gasteiger partial charge >= 0.3 is 0 Å². The van der Waals surface area contributed by atoms with Gasteiger partial charge in [-0.2, -0.15) is 0 Å². The zero-order chi connectivity index (χ0) is 10.9. The lowest BCUT2D eigenvalue weighted by Crippen LogP contribution is -2.53. The SMILES string of the molecule is CC(C)Oc1cccc(C2(F)CNC2)c1. The normalized spacial score (nSPS) is 18.7. The number of halogens is 1. The van der Waals surface area contributed by atoms with Crippen molar-refractivity contribution in [3.63, 3.8) is 0 Å². The average Bonchev–Trinajstić information content (AvgIpc) is 2.13. The van der Waals surface area contributed by atoms with Gasteiger partial charge in [0.15, 0.2) is 5.67 Å². The number of hydrogen-bond acceptors (Lipinski definition) is 2. The van der Waals surface area contributed by atoms with Gasteiger partial charge in [-0.1, -0.05) is 12.1 Å². The topological polar surface area (TPSA) is 21.3 Å². The highest BCUT2D eigenvalue weighted by Gasteiger charge is 2.38. The van der Waals surface area contributed by atoms with Gasteiger partial charge in [-0.15, -0.1) is 0 Å². The molecule has 1 aliphatic heterocycles. The number of ether oxygens (including phenoxy) is 1. The Hall–Kier alpha value is -1.09. The van der Waals surface area contributed by atoms with Gasteiger partial charge < -0.3 is 10.1 Å². The van der Waals surface area contributed by atoms with Crippen LogP contribution in [0.2, 0.25) is 0 Å². The Kier molecular flexibility index (Phi) is 2.65. The van der Waals surface area contributed by atoms with E-state index in [1.807, 2.05) is 32.0 Å². The van der Waals surface area contributed by atoms with Crippen molar-refractivity contribution in [2.45, 2.75) is 25.6 Å². The highest BCUT2D eigenvalue weighted by Crippen LogP contribution is 2.32. The Labute approximate surface area is 89.4 Å². The molecule has 1 fully saturated rings. The summed E-state index contributed by atoms with van der Waals surface area (Å²) in [6.45, 7) is 4.72. The van der Waals surface area contributed by atoms with Crippen molar-refractivity contribution in [1.29, 1.82) is 0 Å². The molecule has 1 aromatic carbocycles. The van der Waals surface area contributed by atoms with Gasteiger partial charge in [-0.3, -0.25) is 0 Å². The van der Waals surface area contributed by atoms with Crippen molar-refractivity contribution in [3.8, 4) is 5.75 Å². The smallest absolute Gasteiger partial charge is 0.160 e. The number of benzene rings is 1. The molecule has 1 aromatic rings. The lowest BCUT2D eigenvalue weighted by atomic mass is 9.90. The average molecular weight is 209 g/mol. The molecular formula is C12H16FNO. The molecule has 0 aromatic heterocycles. The van der Waals surface area contributed by atoms with E-state index >= 15 is 0 Å². The summed E-state index contributed by atoms with van der Waals surface area (Å²) in [4.78, 5) is 0. The summed E-state index contributed by atoms with van der Waals surface area (Å²) in [7, 11) is 0. The van der Waals surface area contributed by atoms with Crippen LogP contribution in [0.1, 0.15) is 19.4 Å². The number of hydrogen-bond donors (Lipinski definition) is 1. The van der Waals surface area contributed by atoms with E-state index in [1.54, 1.807) is 6.07 Å². The van der Waals surface area contributed by atoms with E-state index in [0.29, 0.717) is 18.7 Å². The molecule has 15 heavy (non-hydrogen) atoms. The Bertz CT molecular complexity index is 347. The van der Waals surface area contributed by atoms with E-state index < -0.39 is 5.67 Å². The first-order valence-corrected chi connectivity index (χ1v) is 5.27. The van der Waals surface area contributed by atoms with Crippen LogP contribution in [0.5, 0.6) is 5.75 Å². The Morgan fingerprint density at radius 1 is 1.40 bits per heavy atom. The molecule has 0 bridgehead atoms. The Morgan fingerprint density at radius 2 is 2.13 bits per heavy atom. The molecule has 2 rings (SSSR count). The largest absolute Gasteiger partial charge is 0.491 e. The Balaban J connectivity index is 2.19. The molecule has 0 spiro atoms. The molecule has 82 valence electrons. The van der Waals surface area contributed by atoms with Crippen molar-refractivity contribution in [1.82, 2.24) is 5.32 Å². The predicted octanol–water partition coefficient (Wildman–Crippen LogP) is 2.24. The zero-order valence-corrected chi connectivity index (χ0v) is 9.09. The minimum atomic E-state index is -1.20. The predicted molar refractivity (Wildman–Crippen MR) is 57.9 cm³/mol. The van der Waals surface area contributed by atoms with Crippen molar-refractivity contribution in [3.05, 3.63) is 29.8 Å². The second-order valence-corrected chi connectivity index (χ2v) is 4.26. The van der Waals surface area contributed by atoms with Crippen LogP contribution in [0.3, 0.4) is 0 Å². The fourth-order valence-corrected chi connectivity index (χ4v) is 1.67. The molecule has 0 saturated carbocycles. The maximum absolute atomic E-state index is 14.0. The van der Waals surface area contributed by atoms with E-state index in [1.165, 1.54) is 0 Å². The quantitative estimate of drug-likeness (QED) is 0.824. The van der Waals surface area contributed by atoms with Gasteiger partial charge in [0.05, 0.1) is 6.10 Å². The lowest BCUT2D eigenvalue weighted by Gasteiger charge is -2.35. The summed E-state index contributed by atoms with van der Waals surface area (Å²) >= 11 is 0. The molecule has 1 saturated heterocycles. The van der Waals surface area contributed by atoms with E-state index in [-0.39, 0.29) is 6.10 Å². The molecular weight excluding hydrogens is 193 g/mol. The molecule has 1 aliphatic rings. The van der Waals surface area contributed by atoms with Gasteiger partial charge in [0.25, 0.3) is 0 Å². The standard InChI is InChI=1S/C12H16FNO/c1-9(2)15-11-5-3-4-10(6-11)12(13)7-14-8-12/h3-6,9,14H,7-8H2,1-2H3. The highest BCUT2D eigenvalue weighted by molar-refractivity contribution is 5.34. The highest BCUT2D eigenvalue weighted by atomic mass is 19.1. The number of rotatable bonds is 3. The molecule has 0 radical (unpaired) electrons. The van der Waals surface area contributed by atoms with Crippen molar-refractivity contribution in [2.75, 3.05) is 13.1 Å². The third-order valence-electron chi connectivity index (χ3n) is 2.53. The molecule has 0 unspecified atom stereocenters. The number of nitrogens with one attached hydrogen (secondary N) is 1. The second-order valence-electron chi connectivity index (χ2n) is 4.26. The number of alkyl halides is 1. The van der Waals surface area contributed by atoms with Crippen LogP contribution < -0.4 is 10.1 Å². The summed E-state index contributed by atoms with van der Waals surface area (Å²) in [5.41, 5.74) is -0.490. The van der Waals surface area contributed by atoms with Gasteiger partial charge in [0.1, 0.15) is 5.75 Å². The first-order chi connectivity index (χ1) is 7.10. The summed E-state index contributed by atoms with van der Waals surface area (Å²) in [5, 5.41) is 2.94. The van der Waals surface area contributed by atoms with Crippen LogP contribution in [0.4, 0.5) is 4.39 Å². The Morgan fingerprint density at radius 3 is 2.67 bits per heavy atom. The third-order valence-corrected chi connectivity index (χ3v) is 2.53. The van der Waals surface area contributed by atoms with Gasteiger partial charge in [0.2, 0.25) is 0 Å². The van der Waals surface area contributed by atoms with E-state index in [2.05, 4.69) is 5.32 Å². The minimum Gasteiger partial charge on any atom is -0.491 e. The third kappa shape index (κ3) is 2.12. The van der Waals surface area contributed by atoms with Gasteiger partial charge in [-0.25, -0.2) is 4.39 Å². The maximum Gasteiger partial charge on any atom is 0.160 e. The zero-order valence-electron chi connectivity index (χ0n) is 9.09. The molecule has 0 amide bonds. The van der Waals surface area contributed by atoms with Crippen molar-refractivity contribution >= 4 is 0 Å². The second kappa shape index (κ2) is 3.81. The molecule has 0 aliphatic carbocycles. The first kappa shape index (κ1) is 10.4. The molecule has 0 atom stereocenters. The maximum atomic E-state index is 14.0. The van der Waals surface area contributed by atoms with E-state index in [9.17, 15) is 4.39 Å².